The van der Waals surface area contributed by atoms with E-state index >= 15 is 0 Å². The van der Waals surface area contributed by atoms with Crippen LogP contribution in [-0.2, 0) is 4.43 Å². The van der Waals surface area contributed by atoms with E-state index in [1.54, 1.807) is 0 Å². The molecule has 0 bridgehead atoms. The fourth-order valence-electron chi connectivity index (χ4n) is 2.43. The van der Waals surface area contributed by atoms with E-state index < -0.39 is 13.9 Å². The van der Waals surface area contributed by atoms with Gasteiger partial charge in [0.15, 0.2) is 8.32 Å². The highest BCUT2D eigenvalue weighted by Crippen LogP contribution is 2.41. The molecule has 1 saturated carbocycles. The molecule has 0 radical (unpaired) electrons. The molecule has 1 aliphatic carbocycles. The van der Waals surface area contributed by atoms with Crippen molar-refractivity contribution in [2.45, 2.75) is 82.7 Å². The van der Waals surface area contributed by atoms with Crippen molar-refractivity contribution in [3.05, 3.63) is 12.7 Å². The van der Waals surface area contributed by atoms with Gasteiger partial charge in [-0.05, 0) is 43.8 Å². The van der Waals surface area contributed by atoms with Crippen molar-refractivity contribution in [3.8, 4) is 0 Å². The van der Waals surface area contributed by atoms with E-state index in [0.717, 1.165) is 25.7 Å². The van der Waals surface area contributed by atoms with Gasteiger partial charge in [-0.25, -0.2) is 0 Å². The molecular formula is C15H30O2Si. The van der Waals surface area contributed by atoms with Gasteiger partial charge in [0.2, 0.25) is 0 Å². The Hall–Kier alpha value is -0.123. The minimum absolute atomic E-state index is 0.226. The van der Waals surface area contributed by atoms with E-state index in [-0.39, 0.29) is 11.1 Å². The minimum atomic E-state index is -1.71. The second kappa shape index (κ2) is 5.47. The zero-order valence-electron chi connectivity index (χ0n) is 12.8. The second-order valence-electron chi connectivity index (χ2n) is 7.31. The lowest BCUT2D eigenvalue weighted by molar-refractivity contribution is -0.0386. The van der Waals surface area contributed by atoms with E-state index in [4.69, 9.17) is 4.43 Å². The molecule has 1 fully saturated rings. The van der Waals surface area contributed by atoms with Crippen LogP contribution in [0, 0.1) is 0 Å². The van der Waals surface area contributed by atoms with Crippen LogP contribution in [0.3, 0.4) is 0 Å². The Morgan fingerprint density at radius 2 is 2.06 bits per heavy atom. The summed E-state index contributed by atoms with van der Waals surface area (Å²) in [5.41, 5.74) is -0.576. The van der Waals surface area contributed by atoms with Gasteiger partial charge in [-0.2, -0.15) is 0 Å². The molecule has 1 rings (SSSR count). The Labute approximate surface area is 114 Å². The van der Waals surface area contributed by atoms with Crippen LogP contribution in [0.15, 0.2) is 12.7 Å². The molecule has 2 nitrogen and oxygen atoms in total. The molecule has 0 saturated heterocycles. The summed E-state index contributed by atoms with van der Waals surface area (Å²) in [7, 11) is -1.71. The van der Waals surface area contributed by atoms with Crippen molar-refractivity contribution in [1.29, 1.82) is 0 Å². The van der Waals surface area contributed by atoms with Crippen molar-refractivity contribution in [2.75, 3.05) is 0 Å². The average molecular weight is 270 g/mol. The number of aliphatic hydroxyl groups is 1. The monoisotopic (exact) mass is 270 g/mol. The van der Waals surface area contributed by atoms with Gasteiger partial charge in [-0.1, -0.05) is 26.8 Å². The summed E-state index contributed by atoms with van der Waals surface area (Å²) in [6.45, 7) is 15.1. The molecule has 3 heteroatoms. The lowest BCUT2D eigenvalue weighted by Gasteiger charge is -2.43. The van der Waals surface area contributed by atoms with Crippen molar-refractivity contribution < 1.29 is 9.53 Å². The fourth-order valence-corrected chi connectivity index (χ4v) is 3.82. The zero-order valence-corrected chi connectivity index (χ0v) is 13.8. The van der Waals surface area contributed by atoms with E-state index in [2.05, 4.69) is 40.4 Å². The molecule has 0 aromatic rings. The van der Waals surface area contributed by atoms with Crippen LogP contribution in [0.4, 0.5) is 0 Å². The largest absolute Gasteiger partial charge is 0.414 e. The van der Waals surface area contributed by atoms with Crippen LogP contribution in [0.2, 0.25) is 18.1 Å². The van der Waals surface area contributed by atoms with Crippen LogP contribution >= 0.6 is 0 Å². The van der Waals surface area contributed by atoms with Crippen molar-refractivity contribution in [2.24, 2.45) is 0 Å². The third kappa shape index (κ3) is 3.94. The second-order valence-corrected chi connectivity index (χ2v) is 12.1. The summed E-state index contributed by atoms with van der Waals surface area (Å²) in [4.78, 5) is 0. The molecule has 1 N–H and O–H groups in total. The van der Waals surface area contributed by atoms with Gasteiger partial charge >= 0.3 is 0 Å². The van der Waals surface area contributed by atoms with E-state index in [9.17, 15) is 5.11 Å². The smallest absolute Gasteiger partial charge is 0.192 e. The van der Waals surface area contributed by atoms with Crippen molar-refractivity contribution in [3.63, 3.8) is 0 Å². The maximum absolute atomic E-state index is 10.5. The molecule has 106 valence electrons. The van der Waals surface area contributed by atoms with Gasteiger partial charge in [-0.15, -0.1) is 6.58 Å². The molecule has 0 aromatic heterocycles. The molecule has 0 aromatic carbocycles. The number of hydrogen-bond donors (Lipinski definition) is 1. The summed E-state index contributed by atoms with van der Waals surface area (Å²) >= 11 is 0. The predicted molar refractivity (Wildman–Crippen MR) is 80.3 cm³/mol. The molecule has 2 atom stereocenters. The van der Waals surface area contributed by atoms with Crippen LogP contribution in [0.25, 0.3) is 0 Å². The molecule has 0 amide bonds. The third-order valence-electron chi connectivity index (χ3n) is 4.57. The molecule has 0 heterocycles. The summed E-state index contributed by atoms with van der Waals surface area (Å²) < 4.78 is 6.43. The lowest BCUT2D eigenvalue weighted by atomic mass is 9.81. The average Bonchev–Trinajstić information content (AvgIpc) is 2.14. The first-order valence-corrected chi connectivity index (χ1v) is 10.0. The topological polar surface area (TPSA) is 29.5 Å². The summed E-state index contributed by atoms with van der Waals surface area (Å²) in [6.07, 6.45) is 6.54. The Morgan fingerprint density at radius 3 is 2.56 bits per heavy atom. The van der Waals surface area contributed by atoms with Crippen LogP contribution in [0.1, 0.15) is 52.9 Å². The van der Waals surface area contributed by atoms with Crippen LogP contribution in [-0.4, -0.2) is 25.1 Å². The van der Waals surface area contributed by atoms with Gasteiger partial charge in [-0.3, -0.25) is 0 Å². The first-order valence-electron chi connectivity index (χ1n) is 7.11. The first-order chi connectivity index (χ1) is 8.10. The van der Waals surface area contributed by atoms with Gasteiger partial charge in [0.25, 0.3) is 0 Å². The van der Waals surface area contributed by atoms with Gasteiger partial charge < -0.3 is 9.53 Å². The van der Waals surface area contributed by atoms with E-state index in [1.807, 2.05) is 6.08 Å². The normalized spacial score (nSPS) is 30.2. The predicted octanol–water partition coefficient (Wildman–Crippen LogP) is 4.26. The molecular weight excluding hydrogens is 240 g/mol. The summed E-state index contributed by atoms with van der Waals surface area (Å²) in [5.74, 6) is 0. The van der Waals surface area contributed by atoms with Gasteiger partial charge in [0.05, 0.1) is 5.60 Å². The van der Waals surface area contributed by atoms with Crippen molar-refractivity contribution >= 4 is 8.32 Å². The summed E-state index contributed by atoms with van der Waals surface area (Å²) in [6, 6.07) is 0. The Kier molecular flexibility index (Phi) is 4.85. The van der Waals surface area contributed by atoms with Crippen molar-refractivity contribution in [1.82, 2.24) is 0 Å². The quantitative estimate of drug-likeness (QED) is 0.611. The number of rotatable bonds is 4. The standard InChI is InChI=1S/C15H30O2Si/c1-7-10-15(16)11-8-9-13(12-15)17-18(5,6)14(2,3)4/h7,13,16H,1,8-12H2,2-6H3. The first kappa shape index (κ1) is 15.9. The van der Waals surface area contributed by atoms with Crippen LogP contribution in [0.5, 0.6) is 0 Å². The highest BCUT2D eigenvalue weighted by molar-refractivity contribution is 6.74. The van der Waals surface area contributed by atoms with Gasteiger partial charge in [0, 0.05) is 12.5 Å². The fraction of sp³-hybridized carbons (Fsp3) is 0.867. The van der Waals surface area contributed by atoms with E-state index in [1.165, 1.54) is 0 Å². The maximum atomic E-state index is 10.5. The molecule has 0 aliphatic heterocycles. The molecule has 18 heavy (non-hydrogen) atoms. The minimum Gasteiger partial charge on any atom is -0.414 e. The van der Waals surface area contributed by atoms with Crippen LogP contribution < -0.4 is 0 Å². The Morgan fingerprint density at radius 1 is 1.44 bits per heavy atom. The highest BCUT2D eigenvalue weighted by atomic mass is 28.4. The Balaban J connectivity index is 2.66. The molecule has 0 spiro atoms. The maximum Gasteiger partial charge on any atom is 0.192 e. The molecule has 2 unspecified atom stereocenters. The lowest BCUT2D eigenvalue weighted by Crippen LogP contribution is -2.47. The third-order valence-corrected chi connectivity index (χ3v) is 9.10. The Bertz CT molecular complexity index is 293. The van der Waals surface area contributed by atoms with E-state index in [0.29, 0.717) is 6.42 Å². The number of hydrogen-bond acceptors (Lipinski definition) is 2. The highest BCUT2D eigenvalue weighted by Gasteiger charge is 2.42. The molecule has 1 aliphatic rings. The zero-order chi connectivity index (χ0) is 14.0. The van der Waals surface area contributed by atoms with Gasteiger partial charge in [0.1, 0.15) is 0 Å². The SMILES string of the molecule is C=CCC1(O)CCCC(O[Si](C)(C)C(C)(C)C)C1. The summed E-state index contributed by atoms with van der Waals surface area (Å²) in [5, 5.41) is 10.7.